The highest BCUT2D eigenvalue weighted by Gasteiger charge is 2.58. The summed E-state index contributed by atoms with van der Waals surface area (Å²) in [5, 5.41) is 5.48. The molecule has 0 amide bonds. The van der Waals surface area contributed by atoms with Gasteiger partial charge in [-0.3, -0.25) is 14.4 Å². The lowest BCUT2D eigenvalue weighted by Gasteiger charge is -2.52. The molecule has 0 saturated carbocycles. The monoisotopic (exact) mass is 810 g/mol. The van der Waals surface area contributed by atoms with Crippen LogP contribution in [0, 0.1) is 0 Å². The Morgan fingerprint density at radius 3 is 1.91 bits per heavy atom. The third kappa shape index (κ3) is 11.2. The van der Waals surface area contributed by atoms with E-state index in [-0.39, 0.29) is 13.2 Å². The van der Waals surface area contributed by atoms with Gasteiger partial charge in [-0.05, 0) is 0 Å². The van der Waals surface area contributed by atoms with Gasteiger partial charge in [0.05, 0.1) is 19.3 Å². The van der Waals surface area contributed by atoms with Crippen LogP contribution in [0.15, 0.2) is 43.0 Å². The van der Waals surface area contributed by atoms with E-state index in [4.69, 9.17) is 60.7 Å². The maximum Gasteiger partial charge on any atom is 0.405 e. The van der Waals surface area contributed by atoms with Gasteiger partial charge in [-0.1, -0.05) is 36.4 Å². The van der Waals surface area contributed by atoms with Crippen molar-refractivity contribution in [3.05, 3.63) is 48.6 Å². The van der Waals surface area contributed by atoms with Crippen LogP contribution in [0.25, 0.3) is 0 Å². The summed E-state index contributed by atoms with van der Waals surface area (Å²) in [4.78, 5) is 37.0. The van der Waals surface area contributed by atoms with Crippen LogP contribution < -0.4 is 10.2 Å². The molecule has 0 unspecified atom stereocenters. The number of esters is 3. The number of rotatable bonds is 18. The first-order valence-electron chi connectivity index (χ1n) is 16.7. The standard InChI is InChI=1S/C32H48N2O18P2/c1-9-15-44-31-24(33-53(38,40-5)41-6)29(27-23(49-31)17-46-30(51-27)21-13-11-10-12-14-21)52-32-25(34-54(39,42-7)43-8)28(48-20(4)37)26(47-19(3)36)22(50-32)16-45-18(2)35/h9-14,22-32H,1,15-17H2,2-8H3,(H,33,38)(H,34,39)/t22-,23-,24-,25-,26-,27-,28-,29-,30-,31-,32+/m1/s1. The first-order chi connectivity index (χ1) is 25.7. The fourth-order valence-electron chi connectivity index (χ4n) is 5.99. The summed E-state index contributed by atoms with van der Waals surface area (Å²) in [5.74, 6) is -2.37. The Morgan fingerprint density at radius 1 is 0.796 bits per heavy atom. The Hall–Kier alpha value is -2.65. The highest BCUT2D eigenvalue weighted by Crippen LogP contribution is 2.47. The van der Waals surface area contributed by atoms with Gasteiger partial charge in [-0.25, -0.2) is 19.3 Å². The predicted octanol–water partition coefficient (Wildman–Crippen LogP) is 2.28. The van der Waals surface area contributed by atoms with Crippen molar-refractivity contribution >= 4 is 33.4 Å². The SMILES string of the molecule is C=CCO[C@@H]1O[C@@H]2CO[C@@H](c3ccccc3)O[C@H]2[C@H](O[C@@H]2O[C@H](COC(C)=O)[C@@H](OC(C)=O)[C@H](OC(C)=O)[C@H]2NP(=O)(OC)OC)[C@H]1NP(=O)(OC)OC. The molecule has 11 atom stereocenters. The second-order valence-electron chi connectivity index (χ2n) is 12.0. The molecule has 2 N–H and O–H groups in total. The van der Waals surface area contributed by atoms with Crippen molar-refractivity contribution in [3.63, 3.8) is 0 Å². The van der Waals surface area contributed by atoms with E-state index in [1.54, 1.807) is 24.3 Å². The van der Waals surface area contributed by atoms with Gasteiger partial charge in [0.1, 0.15) is 37.1 Å². The maximum absolute atomic E-state index is 13.7. The molecule has 0 radical (unpaired) electrons. The molecule has 54 heavy (non-hydrogen) atoms. The predicted molar refractivity (Wildman–Crippen MR) is 183 cm³/mol. The molecule has 3 saturated heterocycles. The summed E-state index contributed by atoms with van der Waals surface area (Å²) in [5.41, 5.74) is 0.652. The van der Waals surface area contributed by atoms with E-state index in [1.807, 2.05) is 6.07 Å². The molecule has 3 heterocycles. The van der Waals surface area contributed by atoms with Crippen LogP contribution in [0.5, 0.6) is 0 Å². The van der Waals surface area contributed by atoms with Gasteiger partial charge in [0.2, 0.25) is 0 Å². The summed E-state index contributed by atoms with van der Waals surface area (Å²) in [6.45, 7) is 6.45. The van der Waals surface area contributed by atoms with Crippen molar-refractivity contribution < 1.29 is 84.2 Å². The fourth-order valence-corrected chi connectivity index (χ4v) is 7.98. The van der Waals surface area contributed by atoms with E-state index in [2.05, 4.69) is 16.8 Å². The number of benzene rings is 1. The van der Waals surface area contributed by atoms with E-state index in [0.29, 0.717) is 5.56 Å². The molecule has 0 aromatic heterocycles. The van der Waals surface area contributed by atoms with Crippen molar-refractivity contribution in [3.8, 4) is 0 Å². The molecule has 0 aliphatic carbocycles. The average molecular weight is 811 g/mol. The van der Waals surface area contributed by atoms with E-state index in [1.165, 1.54) is 6.08 Å². The normalized spacial score (nSPS) is 31.5. The van der Waals surface area contributed by atoms with Crippen molar-refractivity contribution in [2.75, 3.05) is 48.3 Å². The lowest BCUT2D eigenvalue weighted by Crippen LogP contribution is -2.70. The van der Waals surface area contributed by atoms with Crippen LogP contribution in [-0.2, 0) is 84.2 Å². The van der Waals surface area contributed by atoms with Crippen LogP contribution >= 0.6 is 15.5 Å². The Kier molecular flexibility index (Phi) is 16.3. The first kappa shape index (κ1) is 44.1. The molecule has 304 valence electrons. The molecular formula is C32H48N2O18P2. The molecule has 3 aliphatic heterocycles. The van der Waals surface area contributed by atoms with Crippen LogP contribution in [0.1, 0.15) is 32.6 Å². The molecular weight excluding hydrogens is 762 g/mol. The molecule has 20 nitrogen and oxygen atoms in total. The number of carbonyl (C=O) groups excluding carboxylic acids is 3. The summed E-state index contributed by atoms with van der Waals surface area (Å²) < 4.78 is 102. The average Bonchev–Trinajstić information content (AvgIpc) is 3.15. The summed E-state index contributed by atoms with van der Waals surface area (Å²) >= 11 is 0. The number of carbonyl (C=O) groups is 3. The van der Waals surface area contributed by atoms with Crippen molar-refractivity contribution in [2.45, 2.75) is 88.3 Å². The summed E-state index contributed by atoms with van der Waals surface area (Å²) in [7, 11) is -3.83. The highest BCUT2D eigenvalue weighted by atomic mass is 31.2. The number of nitrogens with one attached hydrogen (secondary N) is 2. The zero-order valence-electron chi connectivity index (χ0n) is 30.9. The van der Waals surface area contributed by atoms with Crippen LogP contribution in [-0.4, -0.2) is 127 Å². The molecule has 22 heteroatoms. The van der Waals surface area contributed by atoms with Gasteiger partial charge in [0.15, 0.2) is 31.1 Å². The van der Waals surface area contributed by atoms with Gasteiger partial charge >= 0.3 is 33.4 Å². The van der Waals surface area contributed by atoms with E-state index in [9.17, 15) is 23.5 Å². The number of fused-ring (bicyclic) bond motifs is 1. The summed E-state index contributed by atoms with van der Waals surface area (Å²) in [6, 6.07) is 6.20. The Balaban J connectivity index is 1.89. The van der Waals surface area contributed by atoms with Crippen molar-refractivity contribution in [1.29, 1.82) is 0 Å². The third-order valence-electron chi connectivity index (χ3n) is 8.36. The second-order valence-corrected chi connectivity index (χ2v) is 15.9. The first-order valence-corrected chi connectivity index (χ1v) is 19.8. The van der Waals surface area contributed by atoms with Crippen LogP contribution in [0.2, 0.25) is 0 Å². The lowest BCUT2D eigenvalue weighted by molar-refractivity contribution is -0.369. The number of hydrogen-bond acceptors (Lipinski definition) is 18. The Morgan fingerprint density at radius 2 is 1.37 bits per heavy atom. The number of ether oxygens (including phenoxy) is 9. The topological polar surface area (TPSA) is 229 Å². The zero-order valence-corrected chi connectivity index (χ0v) is 32.7. The smallest absolute Gasteiger partial charge is 0.405 e. The Bertz CT molecular complexity index is 1510. The quantitative estimate of drug-likeness (QED) is 0.0938. The van der Waals surface area contributed by atoms with Crippen molar-refractivity contribution in [2.24, 2.45) is 0 Å². The minimum atomic E-state index is -4.24. The minimum Gasteiger partial charge on any atom is -0.463 e. The van der Waals surface area contributed by atoms with E-state index in [0.717, 1.165) is 49.2 Å². The zero-order chi connectivity index (χ0) is 39.6. The van der Waals surface area contributed by atoms with Crippen molar-refractivity contribution in [1.82, 2.24) is 10.2 Å². The highest BCUT2D eigenvalue weighted by molar-refractivity contribution is 7.51. The maximum atomic E-state index is 13.7. The molecule has 0 spiro atoms. The third-order valence-corrected chi connectivity index (χ3v) is 11.5. The van der Waals surface area contributed by atoms with Crippen LogP contribution in [0.4, 0.5) is 0 Å². The molecule has 3 fully saturated rings. The fraction of sp³-hybridized carbons (Fsp3) is 0.656. The molecule has 1 aromatic rings. The molecule has 0 bridgehead atoms. The van der Waals surface area contributed by atoms with Gasteiger partial charge in [0, 0.05) is 54.8 Å². The second kappa shape index (κ2) is 20.0. The van der Waals surface area contributed by atoms with E-state index < -0.39 is 108 Å². The van der Waals surface area contributed by atoms with Gasteiger partial charge in [0.25, 0.3) is 0 Å². The molecule has 4 rings (SSSR count). The molecule has 1 aromatic carbocycles. The number of hydrogen-bond donors (Lipinski definition) is 2. The Labute approximate surface area is 312 Å². The van der Waals surface area contributed by atoms with Gasteiger partial charge < -0.3 is 60.7 Å². The van der Waals surface area contributed by atoms with E-state index >= 15 is 0 Å². The van der Waals surface area contributed by atoms with Crippen LogP contribution in [0.3, 0.4) is 0 Å². The van der Waals surface area contributed by atoms with Gasteiger partial charge in [-0.2, -0.15) is 0 Å². The lowest BCUT2D eigenvalue weighted by atomic mass is 9.94. The largest absolute Gasteiger partial charge is 0.463 e. The summed E-state index contributed by atoms with van der Waals surface area (Å²) in [6.07, 6.45) is -10.0. The minimum absolute atomic E-state index is 0.0353. The molecule has 3 aliphatic rings. The van der Waals surface area contributed by atoms with Gasteiger partial charge in [-0.15, -0.1) is 6.58 Å².